The summed E-state index contributed by atoms with van der Waals surface area (Å²) >= 11 is 13.9. The van der Waals surface area contributed by atoms with E-state index in [-0.39, 0.29) is 17.9 Å². The SMILES string of the molecule is O=C(O[C@@H](Cc1c(Cl)cncc1Cl)c1ccc(OC(F)F)c(OCC2CC2)c1)c1ccsc1. The van der Waals surface area contributed by atoms with E-state index in [0.29, 0.717) is 39.3 Å². The van der Waals surface area contributed by atoms with Crippen molar-refractivity contribution in [1.29, 1.82) is 0 Å². The van der Waals surface area contributed by atoms with E-state index in [0.717, 1.165) is 12.8 Å². The van der Waals surface area contributed by atoms with E-state index in [1.54, 1.807) is 29.0 Å². The van der Waals surface area contributed by atoms with Crippen LogP contribution in [0.4, 0.5) is 8.78 Å². The molecule has 5 nitrogen and oxygen atoms in total. The summed E-state index contributed by atoms with van der Waals surface area (Å²) < 4.78 is 42.0. The molecule has 0 N–H and O–H groups in total. The van der Waals surface area contributed by atoms with Crippen LogP contribution in [0.15, 0.2) is 47.4 Å². The summed E-state index contributed by atoms with van der Waals surface area (Å²) in [4.78, 5) is 16.7. The molecule has 0 bridgehead atoms. The third kappa shape index (κ3) is 6.34. The number of alkyl halides is 2. The second-order valence-corrected chi connectivity index (χ2v) is 9.13. The Labute approximate surface area is 203 Å². The highest BCUT2D eigenvalue weighted by atomic mass is 35.5. The monoisotopic (exact) mass is 513 g/mol. The maximum Gasteiger partial charge on any atom is 0.387 e. The summed E-state index contributed by atoms with van der Waals surface area (Å²) in [6, 6.07) is 6.13. The Balaban J connectivity index is 1.66. The maximum atomic E-state index is 12.9. The van der Waals surface area contributed by atoms with E-state index >= 15 is 0 Å². The second-order valence-electron chi connectivity index (χ2n) is 7.53. The van der Waals surface area contributed by atoms with Crippen LogP contribution < -0.4 is 9.47 Å². The number of carbonyl (C=O) groups excluding carboxylic acids is 1. The van der Waals surface area contributed by atoms with Crippen molar-refractivity contribution in [3.05, 3.63) is 74.2 Å². The molecule has 1 aliphatic rings. The molecule has 4 rings (SSSR count). The Kier molecular flexibility index (Phi) is 7.67. The number of pyridine rings is 1. The van der Waals surface area contributed by atoms with Gasteiger partial charge in [0.25, 0.3) is 0 Å². The van der Waals surface area contributed by atoms with Crippen LogP contribution in [-0.2, 0) is 11.2 Å². The molecule has 0 unspecified atom stereocenters. The van der Waals surface area contributed by atoms with Crippen molar-refractivity contribution in [3.8, 4) is 11.5 Å². The van der Waals surface area contributed by atoms with E-state index in [1.165, 1.54) is 29.8 Å². The molecule has 0 saturated heterocycles. The molecule has 1 fully saturated rings. The molecule has 0 spiro atoms. The van der Waals surface area contributed by atoms with Gasteiger partial charge < -0.3 is 14.2 Å². The molecule has 1 aliphatic carbocycles. The number of aromatic nitrogens is 1. The van der Waals surface area contributed by atoms with E-state index in [4.69, 9.17) is 32.7 Å². The molecule has 1 atom stereocenters. The number of benzene rings is 1. The van der Waals surface area contributed by atoms with Crippen molar-refractivity contribution in [3.63, 3.8) is 0 Å². The van der Waals surface area contributed by atoms with Crippen molar-refractivity contribution in [2.75, 3.05) is 6.61 Å². The van der Waals surface area contributed by atoms with Crippen molar-refractivity contribution in [2.45, 2.75) is 32.0 Å². The van der Waals surface area contributed by atoms with Crippen LogP contribution in [0.3, 0.4) is 0 Å². The van der Waals surface area contributed by atoms with Crippen LogP contribution in [-0.4, -0.2) is 24.2 Å². The highest BCUT2D eigenvalue weighted by molar-refractivity contribution is 7.08. The van der Waals surface area contributed by atoms with Gasteiger partial charge in [-0.3, -0.25) is 4.98 Å². The third-order valence-corrected chi connectivity index (χ3v) is 6.41. The average Bonchev–Trinajstić information content (AvgIpc) is 3.44. The fourth-order valence-corrected chi connectivity index (χ4v) is 4.29. The molecule has 3 aromatic rings. The van der Waals surface area contributed by atoms with Crippen LogP contribution in [0.2, 0.25) is 10.0 Å². The van der Waals surface area contributed by atoms with Crippen molar-refractivity contribution < 1.29 is 27.8 Å². The molecule has 1 aromatic carbocycles. The Morgan fingerprint density at radius 2 is 1.91 bits per heavy atom. The van der Waals surface area contributed by atoms with Crippen LogP contribution in [0.25, 0.3) is 0 Å². The van der Waals surface area contributed by atoms with Gasteiger partial charge in [-0.1, -0.05) is 29.3 Å². The average molecular weight is 514 g/mol. The minimum atomic E-state index is -3.00. The standard InChI is InChI=1S/C23H19Cl2F2NO4S/c24-17-9-28-10-18(25)16(17)8-20(31-22(29)15-5-6-33-12-15)14-3-4-19(32-23(26)27)21(7-14)30-11-13-1-2-13/h3-7,9-10,12-13,20,23H,1-2,8,11H2/t20-/m0/s1. The highest BCUT2D eigenvalue weighted by Crippen LogP contribution is 2.38. The predicted molar refractivity (Wildman–Crippen MR) is 122 cm³/mol. The first-order chi connectivity index (χ1) is 15.9. The lowest BCUT2D eigenvalue weighted by atomic mass is 10.0. The topological polar surface area (TPSA) is 57.7 Å². The molecule has 1 saturated carbocycles. The molecule has 33 heavy (non-hydrogen) atoms. The molecule has 2 aromatic heterocycles. The van der Waals surface area contributed by atoms with Gasteiger partial charge >= 0.3 is 12.6 Å². The summed E-state index contributed by atoms with van der Waals surface area (Å²) in [5, 5.41) is 4.08. The normalized spacial score (nSPS) is 14.2. The minimum absolute atomic E-state index is 0.0858. The maximum absolute atomic E-state index is 12.9. The Morgan fingerprint density at radius 1 is 1.15 bits per heavy atom. The molecule has 10 heteroatoms. The third-order valence-electron chi connectivity index (χ3n) is 5.08. The molecule has 2 heterocycles. The van der Waals surface area contributed by atoms with Crippen LogP contribution in [0.5, 0.6) is 11.5 Å². The first kappa shape index (κ1) is 23.7. The van der Waals surface area contributed by atoms with Crippen LogP contribution in [0.1, 0.15) is 40.4 Å². The van der Waals surface area contributed by atoms with Gasteiger partial charge in [0, 0.05) is 24.2 Å². The number of rotatable bonds is 10. The Hall–Kier alpha value is -2.42. The largest absolute Gasteiger partial charge is 0.489 e. The zero-order chi connectivity index (χ0) is 23.4. The molecular weight excluding hydrogens is 495 g/mol. The minimum Gasteiger partial charge on any atom is -0.489 e. The van der Waals surface area contributed by atoms with Gasteiger partial charge in [-0.15, -0.1) is 0 Å². The fourth-order valence-electron chi connectivity index (χ4n) is 3.15. The van der Waals surface area contributed by atoms with E-state index in [1.807, 2.05) is 0 Å². The van der Waals surface area contributed by atoms with Crippen molar-refractivity contribution >= 4 is 40.5 Å². The van der Waals surface area contributed by atoms with Crippen molar-refractivity contribution in [1.82, 2.24) is 4.98 Å². The first-order valence-electron chi connectivity index (χ1n) is 10.1. The number of esters is 1. The summed E-state index contributed by atoms with van der Waals surface area (Å²) in [5.74, 6) is -0.0638. The van der Waals surface area contributed by atoms with Gasteiger partial charge in [0.1, 0.15) is 6.10 Å². The zero-order valence-electron chi connectivity index (χ0n) is 17.2. The quantitative estimate of drug-likeness (QED) is 0.273. The first-order valence-corrected chi connectivity index (χ1v) is 11.8. The Morgan fingerprint density at radius 3 is 2.55 bits per heavy atom. The van der Waals surface area contributed by atoms with Crippen LogP contribution >= 0.6 is 34.5 Å². The highest BCUT2D eigenvalue weighted by Gasteiger charge is 2.26. The lowest BCUT2D eigenvalue weighted by Crippen LogP contribution is -2.15. The number of ether oxygens (including phenoxy) is 3. The summed E-state index contributed by atoms with van der Waals surface area (Å²) in [6.45, 7) is -2.61. The van der Waals surface area contributed by atoms with E-state index in [9.17, 15) is 13.6 Å². The smallest absolute Gasteiger partial charge is 0.387 e. The fraction of sp³-hybridized carbons (Fsp3) is 0.304. The van der Waals surface area contributed by atoms with E-state index in [2.05, 4.69) is 9.72 Å². The van der Waals surface area contributed by atoms with Gasteiger partial charge in [0.2, 0.25) is 0 Å². The van der Waals surface area contributed by atoms with Gasteiger partial charge in [0.05, 0.1) is 22.2 Å². The van der Waals surface area contributed by atoms with Gasteiger partial charge in [0.15, 0.2) is 11.5 Å². The number of nitrogens with zero attached hydrogens (tertiary/aromatic N) is 1. The summed E-state index contributed by atoms with van der Waals surface area (Å²) in [6.07, 6.45) is 4.29. The lowest BCUT2D eigenvalue weighted by molar-refractivity contribution is -0.0515. The van der Waals surface area contributed by atoms with Gasteiger partial charge in [-0.05, 0) is 53.5 Å². The zero-order valence-corrected chi connectivity index (χ0v) is 19.5. The van der Waals surface area contributed by atoms with Crippen molar-refractivity contribution in [2.24, 2.45) is 5.92 Å². The van der Waals surface area contributed by atoms with Crippen LogP contribution in [0, 0.1) is 5.92 Å². The summed E-state index contributed by atoms with van der Waals surface area (Å²) in [5.41, 5.74) is 1.47. The second kappa shape index (κ2) is 10.7. The number of hydrogen-bond acceptors (Lipinski definition) is 6. The van der Waals surface area contributed by atoms with E-state index < -0.39 is 18.7 Å². The molecule has 174 valence electrons. The number of carbonyl (C=O) groups is 1. The predicted octanol–water partition coefficient (Wildman–Crippen LogP) is 6.98. The number of thiophene rings is 1. The number of halogens is 4. The lowest BCUT2D eigenvalue weighted by Gasteiger charge is -2.21. The molecule has 0 aliphatic heterocycles. The Bertz CT molecular complexity index is 1090. The number of hydrogen-bond donors (Lipinski definition) is 0. The molecule has 0 amide bonds. The van der Waals surface area contributed by atoms with Gasteiger partial charge in [-0.2, -0.15) is 20.1 Å². The molecule has 0 radical (unpaired) electrons. The summed E-state index contributed by atoms with van der Waals surface area (Å²) in [7, 11) is 0. The molecular formula is C23H19Cl2F2NO4S. The van der Waals surface area contributed by atoms with Gasteiger partial charge in [-0.25, -0.2) is 4.79 Å².